The van der Waals surface area contributed by atoms with Gasteiger partial charge in [-0.15, -0.1) is 0 Å². The number of rotatable bonds is 7. The predicted octanol–water partition coefficient (Wildman–Crippen LogP) is 4.20. The largest absolute Gasteiger partial charge is 0.445 e. The molecule has 1 heterocycles. The molecule has 4 heteroatoms. The summed E-state index contributed by atoms with van der Waals surface area (Å²) in [7, 11) is 0. The SMILES string of the molecule is CCCCC1CC(NC(=O)OCc2ccccc2)CN(C(C)C)C1. The number of carbonyl (C=O) groups is 1. The molecule has 134 valence electrons. The molecule has 2 rings (SSSR count). The van der Waals surface area contributed by atoms with Crippen LogP contribution in [-0.4, -0.2) is 36.2 Å². The third-order valence-electron chi connectivity index (χ3n) is 4.80. The summed E-state index contributed by atoms with van der Waals surface area (Å²) in [5.41, 5.74) is 1.01. The Kier molecular flexibility index (Phi) is 7.57. The minimum absolute atomic E-state index is 0.186. The third-order valence-corrected chi connectivity index (χ3v) is 4.80. The number of nitrogens with zero attached hydrogens (tertiary/aromatic N) is 1. The second kappa shape index (κ2) is 9.67. The van der Waals surface area contributed by atoms with Crippen molar-refractivity contribution in [3.8, 4) is 0 Å². The van der Waals surface area contributed by atoms with Crippen LogP contribution in [0.5, 0.6) is 0 Å². The number of amides is 1. The summed E-state index contributed by atoms with van der Waals surface area (Å²) >= 11 is 0. The van der Waals surface area contributed by atoms with Crippen LogP contribution in [-0.2, 0) is 11.3 Å². The molecular weight excluding hydrogens is 300 g/mol. The maximum atomic E-state index is 12.1. The van der Waals surface area contributed by atoms with E-state index in [-0.39, 0.29) is 12.1 Å². The molecule has 0 saturated carbocycles. The van der Waals surface area contributed by atoms with Crippen molar-refractivity contribution < 1.29 is 9.53 Å². The van der Waals surface area contributed by atoms with Crippen LogP contribution in [0.25, 0.3) is 0 Å². The van der Waals surface area contributed by atoms with Gasteiger partial charge in [0.1, 0.15) is 6.61 Å². The Morgan fingerprint density at radius 1 is 1.29 bits per heavy atom. The van der Waals surface area contributed by atoms with Crippen molar-refractivity contribution in [2.24, 2.45) is 5.92 Å². The fourth-order valence-electron chi connectivity index (χ4n) is 3.40. The maximum Gasteiger partial charge on any atom is 0.407 e. The summed E-state index contributed by atoms with van der Waals surface area (Å²) in [6, 6.07) is 10.5. The number of hydrogen-bond donors (Lipinski definition) is 1. The Hall–Kier alpha value is -1.55. The van der Waals surface area contributed by atoms with Crippen molar-refractivity contribution in [3.05, 3.63) is 35.9 Å². The van der Waals surface area contributed by atoms with Gasteiger partial charge >= 0.3 is 6.09 Å². The Labute approximate surface area is 146 Å². The Morgan fingerprint density at radius 3 is 2.71 bits per heavy atom. The molecule has 1 N–H and O–H groups in total. The van der Waals surface area contributed by atoms with Gasteiger partial charge in [-0.2, -0.15) is 0 Å². The van der Waals surface area contributed by atoms with E-state index in [0.717, 1.165) is 25.1 Å². The van der Waals surface area contributed by atoms with Crippen molar-refractivity contribution in [1.82, 2.24) is 10.2 Å². The Bertz CT molecular complexity index is 490. The number of benzene rings is 1. The molecule has 1 amide bonds. The first-order chi connectivity index (χ1) is 11.6. The number of hydrogen-bond acceptors (Lipinski definition) is 3. The smallest absolute Gasteiger partial charge is 0.407 e. The van der Waals surface area contributed by atoms with E-state index in [1.54, 1.807) is 0 Å². The monoisotopic (exact) mass is 332 g/mol. The van der Waals surface area contributed by atoms with Crippen molar-refractivity contribution in [2.75, 3.05) is 13.1 Å². The summed E-state index contributed by atoms with van der Waals surface area (Å²) in [4.78, 5) is 14.6. The quantitative estimate of drug-likeness (QED) is 0.813. The average molecular weight is 332 g/mol. The Balaban J connectivity index is 1.83. The van der Waals surface area contributed by atoms with E-state index in [4.69, 9.17) is 4.74 Å². The Morgan fingerprint density at radius 2 is 2.04 bits per heavy atom. The topological polar surface area (TPSA) is 41.6 Å². The highest BCUT2D eigenvalue weighted by Crippen LogP contribution is 2.23. The van der Waals surface area contributed by atoms with E-state index >= 15 is 0 Å². The first-order valence-corrected chi connectivity index (χ1v) is 9.29. The van der Waals surface area contributed by atoms with Crippen LogP contribution in [0.3, 0.4) is 0 Å². The normalized spacial score (nSPS) is 21.7. The van der Waals surface area contributed by atoms with Crippen LogP contribution in [0.1, 0.15) is 52.0 Å². The van der Waals surface area contributed by atoms with Gasteiger partial charge in [-0.3, -0.25) is 4.90 Å². The lowest BCUT2D eigenvalue weighted by molar-refractivity contribution is 0.0923. The van der Waals surface area contributed by atoms with Crippen LogP contribution >= 0.6 is 0 Å². The molecule has 0 radical (unpaired) electrons. The van der Waals surface area contributed by atoms with Gasteiger partial charge in [0.2, 0.25) is 0 Å². The van der Waals surface area contributed by atoms with E-state index in [2.05, 4.69) is 31.0 Å². The molecule has 1 fully saturated rings. The van der Waals surface area contributed by atoms with Crippen LogP contribution in [0.2, 0.25) is 0 Å². The molecule has 1 aromatic carbocycles. The van der Waals surface area contributed by atoms with Crippen molar-refractivity contribution in [3.63, 3.8) is 0 Å². The van der Waals surface area contributed by atoms with Gasteiger partial charge in [0.15, 0.2) is 0 Å². The van der Waals surface area contributed by atoms with Crippen LogP contribution in [0.15, 0.2) is 30.3 Å². The molecule has 1 aliphatic heterocycles. The number of alkyl carbamates (subject to hydrolysis) is 1. The zero-order valence-electron chi connectivity index (χ0n) is 15.3. The lowest BCUT2D eigenvalue weighted by atomic mass is 9.89. The second-order valence-electron chi connectivity index (χ2n) is 7.19. The van der Waals surface area contributed by atoms with Crippen LogP contribution < -0.4 is 5.32 Å². The fourth-order valence-corrected chi connectivity index (χ4v) is 3.40. The highest BCUT2D eigenvalue weighted by Gasteiger charge is 2.29. The average Bonchev–Trinajstić information content (AvgIpc) is 2.59. The lowest BCUT2D eigenvalue weighted by Crippen LogP contribution is -2.52. The summed E-state index contributed by atoms with van der Waals surface area (Å²) in [6.45, 7) is 9.09. The molecule has 2 unspecified atom stereocenters. The number of unbranched alkanes of at least 4 members (excludes halogenated alkanes) is 1. The summed E-state index contributed by atoms with van der Waals surface area (Å²) < 4.78 is 5.37. The highest BCUT2D eigenvalue weighted by molar-refractivity contribution is 5.67. The third kappa shape index (κ3) is 6.16. The first kappa shape index (κ1) is 18.8. The van der Waals surface area contributed by atoms with Crippen LogP contribution in [0.4, 0.5) is 4.79 Å². The van der Waals surface area contributed by atoms with Gasteiger partial charge in [0, 0.05) is 25.2 Å². The number of carbonyl (C=O) groups excluding carboxylic acids is 1. The molecule has 24 heavy (non-hydrogen) atoms. The second-order valence-corrected chi connectivity index (χ2v) is 7.19. The number of piperidine rings is 1. The highest BCUT2D eigenvalue weighted by atomic mass is 16.5. The van der Waals surface area contributed by atoms with E-state index in [0.29, 0.717) is 18.6 Å². The molecule has 0 bridgehead atoms. The zero-order chi connectivity index (χ0) is 17.4. The molecule has 0 aromatic heterocycles. The van der Waals surface area contributed by atoms with E-state index in [1.165, 1.54) is 19.3 Å². The predicted molar refractivity (Wildman–Crippen MR) is 97.9 cm³/mol. The lowest BCUT2D eigenvalue weighted by Gasteiger charge is -2.40. The minimum atomic E-state index is -0.302. The van der Waals surface area contributed by atoms with Gasteiger partial charge in [-0.1, -0.05) is 50.1 Å². The molecule has 0 aliphatic carbocycles. The zero-order valence-corrected chi connectivity index (χ0v) is 15.3. The molecule has 0 spiro atoms. The standard InChI is InChI=1S/C20H32N2O2/c1-4-5-9-18-12-19(14-22(13-18)16(2)3)21-20(23)24-15-17-10-7-6-8-11-17/h6-8,10-11,16,18-19H,4-5,9,12-15H2,1-3H3,(H,21,23). The molecular formula is C20H32N2O2. The molecule has 2 atom stereocenters. The number of ether oxygens (including phenoxy) is 1. The summed E-state index contributed by atoms with van der Waals surface area (Å²) in [5.74, 6) is 0.667. The van der Waals surface area contributed by atoms with Crippen molar-refractivity contribution >= 4 is 6.09 Å². The van der Waals surface area contributed by atoms with Gasteiger partial charge in [-0.25, -0.2) is 4.79 Å². The number of nitrogens with one attached hydrogen (secondary N) is 1. The van der Waals surface area contributed by atoms with Gasteiger partial charge in [0.05, 0.1) is 0 Å². The molecule has 1 saturated heterocycles. The van der Waals surface area contributed by atoms with Gasteiger partial charge in [0.25, 0.3) is 0 Å². The molecule has 4 nitrogen and oxygen atoms in total. The first-order valence-electron chi connectivity index (χ1n) is 9.29. The van der Waals surface area contributed by atoms with Gasteiger partial charge in [-0.05, 0) is 38.2 Å². The fraction of sp³-hybridized carbons (Fsp3) is 0.650. The van der Waals surface area contributed by atoms with Crippen LogP contribution in [0, 0.1) is 5.92 Å². The summed E-state index contributed by atoms with van der Waals surface area (Å²) in [5, 5.41) is 3.08. The van der Waals surface area contributed by atoms with Crippen molar-refractivity contribution in [2.45, 2.75) is 65.1 Å². The maximum absolute atomic E-state index is 12.1. The van der Waals surface area contributed by atoms with Crippen molar-refractivity contribution in [1.29, 1.82) is 0 Å². The van der Waals surface area contributed by atoms with E-state index < -0.39 is 0 Å². The number of likely N-dealkylation sites (tertiary alicyclic amines) is 1. The molecule has 1 aromatic rings. The minimum Gasteiger partial charge on any atom is -0.445 e. The van der Waals surface area contributed by atoms with Gasteiger partial charge < -0.3 is 10.1 Å². The van der Waals surface area contributed by atoms with E-state index in [9.17, 15) is 4.79 Å². The van der Waals surface area contributed by atoms with E-state index in [1.807, 2.05) is 30.3 Å². The summed E-state index contributed by atoms with van der Waals surface area (Å²) in [6.07, 6.45) is 4.50. The molecule has 1 aliphatic rings.